The molecule has 13 heteroatoms. The highest BCUT2D eigenvalue weighted by Crippen LogP contribution is 2.40. The molecule has 3 aliphatic rings. The molecular formula is C33H34FN7O4S. The summed E-state index contributed by atoms with van der Waals surface area (Å²) in [4.78, 5) is 25.0. The van der Waals surface area contributed by atoms with Gasteiger partial charge < -0.3 is 24.5 Å². The maximum atomic E-state index is 14.7. The molecule has 4 heterocycles. The van der Waals surface area contributed by atoms with Gasteiger partial charge in [0.1, 0.15) is 27.6 Å². The Morgan fingerprint density at radius 2 is 1.87 bits per heavy atom. The van der Waals surface area contributed by atoms with Crippen LogP contribution in [0.4, 0.5) is 4.39 Å². The zero-order valence-electron chi connectivity index (χ0n) is 25.5. The number of hydrogen-bond acceptors (Lipinski definition) is 7. The van der Waals surface area contributed by atoms with E-state index in [9.17, 15) is 17.6 Å². The number of nitrogens with two attached hydrogens (primary N) is 2. The van der Waals surface area contributed by atoms with Crippen molar-refractivity contribution in [2.45, 2.75) is 49.2 Å². The zero-order chi connectivity index (χ0) is 32.1. The number of piperidine rings is 1. The average molecular weight is 644 g/mol. The number of likely N-dealkylation sites (tertiary alicyclic amines) is 1. The molecule has 5 aromatic rings. The van der Waals surface area contributed by atoms with Crippen LogP contribution in [0.5, 0.6) is 5.75 Å². The molecule has 2 saturated carbocycles. The second kappa shape index (κ2) is 10.3. The number of aromatic nitrogens is 4. The van der Waals surface area contributed by atoms with Gasteiger partial charge in [-0.05, 0) is 80.0 Å². The SMILES string of the molecule is COc1cc(C(=O)N2CC3CCC2[C@@H]3N)cc2nc(-c3cc4ccc(-c5ccc(S(N)(=O)=O)c(F)c5)nc4n3CC3CC3)n(C)c12. The standard InChI is InChI=1S/C33H34FN7O4S/c1-39-30-24(12-21(14-27(30)45-2)33(42)41-16-20-6-9-25(41)29(20)35)38-32(39)26-13-19-5-8-23(37-31(19)40(26)15-17-3-4-17)18-7-10-28(22(34)11-18)46(36,43)44/h5,7-8,10-14,17,20,25,29H,3-4,6,9,15-16,35H2,1-2H3,(H2,36,43,44)/t20?,25?,29-/m1/s1. The van der Waals surface area contributed by atoms with Crippen LogP contribution in [0.1, 0.15) is 36.0 Å². The Morgan fingerprint density at radius 1 is 1.07 bits per heavy atom. The average Bonchev–Trinajstić information content (AvgIpc) is 3.43. The van der Waals surface area contributed by atoms with Gasteiger partial charge in [-0.1, -0.05) is 6.07 Å². The minimum Gasteiger partial charge on any atom is -0.494 e. The summed E-state index contributed by atoms with van der Waals surface area (Å²) in [6.07, 6.45) is 4.22. The number of pyridine rings is 1. The number of methoxy groups -OCH3 is 1. The molecule has 238 valence electrons. The summed E-state index contributed by atoms with van der Waals surface area (Å²) in [6, 6.07) is 13.3. The van der Waals surface area contributed by atoms with Crippen LogP contribution in [0, 0.1) is 17.7 Å². The second-order valence-corrected chi connectivity index (χ2v) is 14.4. The number of aryl methyl sites for hydroxylation is 1. The molecule has 3 atom stereocenters. The minimum absolute atomic E-state index is 0.0269. The molecule has 0 spiro atoms. The van der Waals surface area contributed by atoms with Crippen LogP contribution in [0.15, 0.2) is 53.4 Å². The zero-order valence-corrected chi connectivity index (χ0v) is 26.3. The maximum absolute atomic E-state index is 14.7. The fourth-order valence-electron chi connectivity index (χ4n) is 7.37. The number of amides is 1. The summed E-state index contributed by atoms with van der Waals surface area (Å²) in [5.41, 5.74) is 10.9. The van der Waals surface area contributed by atoms with Crippen LogP contribution < -0.4 is 15.6 Å². The van der Waals surface area contributed by atoms with Crippen molar-refractivity contribution < 1.29 is 22.3 Å². The normalized spacial score (nSPS) is 21.2. The Balaban J connectivity index is 1.23. The van der Waals surface area contributed by atoms with Crippen LogP contribution in [0.25, 0.3) is 44.8 Å². The van der Waals surface area contributed by atoms with Gasteiger partial charge in [0.2, 0.25) is 10.0 Å². The number of halogens is 1. The molecule has 1 amide bonds. The Morgan fingerprint density at radius 3 is 2.52 bits per heavy atom. The lowest BCUT2D eigenvalue weighted by molar-refractivity contribution is 0.0700. The molecule has 4 N–H and O–H groups in total. The smallest absolute Gasteiger partial charge is 0.254 e. The van der Waals surface area contributed by atoms with Gasteiger partial charge in [-0.15, -0.1) is 0 Å². The highest BCUT2D eigenvalue weighted by Gasteiger charge is 2.47. The van der Waals surface area contributed by atoms with Crippen molar-refractivity contribution in [2.75, 3.05) is 13.7 Å². The number of ether oxygens (including phenoxy) is 1. The Hall–Kier alpha value is -4.33. The molecule has 0 radical (unpaired) electrons. The van der Waals surface area contributed by atoms with Gasteiger partial charge in [0.05, 0.1) is 24.0 Å². The van der Waals surface area contributed by atoms with E-state index in [1.807, 2.05) is 34.7 Å². The quantitative estimate of drug-likeness (QED) is 0.272. The maximum Gasteiger partial charge on any atom is 0.254 e. The van der Waals surface area contributed by atoms with Crippen molar-refractivity contribution in [3.63, 3.8) is 0 Å². The molecule has 46 heavy (non-hydrogen) atoms. The van der Waals surface area contributed by atoms with Crippen LogP contribution in [-0.2, 0) is 23.6 Å². The van der Waals surface area contributed by atoms with E-state index in [0.29, 0.717) is 57.9 Å². The first kappa shape index (κ1) is 29.1. The van der Waals surface area contributed by atoms with Crippen LogP contribution >= 0.6 is 0 Å². The molecular weight excluding hydrogens is 609 g/mol. The van der Waals surface area contributed by atoms with E-state index in [4.69, 9.17) is 25.6 Å². The summed E-state index contributed by atoms with van der Waals surface area (Å²) in [5, 5.41) is 6.04. The first-order chi connectivity index (χ1) is 22.0. The lowest BCUT2D eigenvalue weighted by atomic mass is 10.1. The van der Waals surface area contributed by atoms with Crippen LogP contribution in [-0.4, -0.2) is 64.1 Å². The van der Waals surface area contributed by atoms with Gasteiger partial charge in [0.15, 0.2) is 5.82 Å². The number of carbonyl (C=O) groups excluding carboxylic acids is 1. The van der Waals surface area contributed by atoms with Gasteiger partial charge in [-0.25, -0.2) is 27.9 Å². The summed E-state index contributed by atoms with van der Waals surface area (Å²) < 4.78 is 48.1. The lowest BCUT2D eigenvalue weighted by Gasteiger charge is -2.27. The fourth-order valence-corrected chi connectivity index (χ4v) is 7.96. The van der Waals surface area contributed by atoms with Crippen molar-refractivity contribution in [2.24, 2.45) is 29.8 Å². The summed E-state index contributed by atoms with van der Waals surface area (Å²) in [7, 11) is -0.662. The molecule has 1 aliphatic heterocycles. The minimum atomic E-state index is -4.19. The molecule has 3 fully saturated rings. The van der Waals surface area contributed by atoms with Gasteiger partial charge in [-0.3, -0.25) is 4.79 Å². The van der Waals surface area contributed by atoms with E-state index in [1.165, 1.54) is 6.07 Å². The largest absolute Gasteiger partial charge is 0.494 e. The van der Waals surface area contributed by atoms with Gasteiger partial charge >= 0.3 is 0 Å². The van der Waals surface area contributed by atoms with Crippen molar-refractivity contribution >= 4 is 38.0 Å². The third-order valence-electron chi connectivity index (χ3n) is 9.96. The number of primary sulfonamides is 1. The third-order valence-corrected chi connectivity index (χ3v) is 10.9. The molecule has 2 unspecified atom stereocenters. The number of sulfonamides is 1. The van der Waals surface area contributed by atoms with Crippen molar-refractivity contribution in [3.8, 4) is 28.5 Å². The first-order valence-corrected chi connectivity index (χ1v) is 17.0. The summed E-state index contributed by atoms with van der Waals surface area (Å²) in [5.74, 6) is 1.13. The van der Waals surface area contributed by atoms with Crippen LogP contribution in [0.3, 0.4) is 0 Å². The Kier molecular flexibility index (Phi) is 6.54. The highest BCUT2D eigenvalue weighted by molar-refractivity contribution is 7.89. The fraction of sp³-hybridized carbons (Fsp3) is 0.364. The van der Waals surface area contributed by atoms with Crippen molar-refractivity contribution in [1.29, 1.82) is 0 Å². The summed E-state index contributed by atoms with van der Waals surface area (Å²) in [6.45, 7) is 1.41. The van der Waals surface area contributed by atoms with Crippen LogP contribution in [0.2, 0.25) is 0 Å². The summed E-state index contributed by atoms with van der Waals surface area (Å²) >= 11 is 0. The number of fused-ring (bicyclic) bond motifs is 4. The van der Waals surface area contributed by atoms with Gasteiger partial charge in [0.25, 0.3) is 5.91 Å². The Labute approximate surface area is 265 Å². The van der Waals surface area contributed by atoms with E-state index in [1.54, 1.807) is 19.2 Å². The van der Waals surface area contributed by atoms with E-state index >= 15 is 0 Å². The predicted octanol–water partition coefficient (Wildman–Crippen LogP) is 4.02. The van der Waals surface area contributed by atoms with E-state index in [-0.39, 0.29) is 18.0 Å². The lowest BCUT2D eigenvalue weighted by Crippen LogP contribution is -2.41. The number of rotatable bonds is 7. The molecule has 1 saturated heterocycles. The number of hydrogen-bond donors (Lipinski definition) is 2. The van der Waals surface area contributed by atoms with Crippen molar-refractivity contribution in [1.82, 2.24) is 24.0 Å². The molecule has 2 aliphatic carbocycles. The van der Waals surface area contributed by atoms with E-state index < -0.39 is 20.7 Å². The predicted molar refractivity (Wildman–Crippen MR) is 171 cm³/mol. The Bertz CT molecular complexity index is 2190. The molecule has 11 nitrogen and oxygen atoms in total. The molecule has 8 rings (SSSR count). The topological polar surface area (TPSA) is 151 Å². The molecule has 3 aromatic heterocycles. The molecule has 2 bridgehead atoms. The first-order valence-electron chi connectivity index (χ1n) is 15.5. The number of nitrogens with zero attached hydrogens (tertiary/aromatic N) is 5. The van der Waals surface area contributed by atoms with E-state index in [2.05, 4.69) is 4.57 Å². The third kappa shape index (κ3) is 4.59. The number of carbonyl (C=O) groups is 1. The van der Waals surface area contributed by atoms with Gasteiger partial charge in [0, 0.05) is 48.7 Å². The van der Waals surface area contributed by atoms with Crippen molar-refractivity contribution in [3.05, 3.63) is 59.9 Å². The van der Waals surface area contributed by atoms with E-state index in [0.717, 1.165) is 61.0 Å². The second-order valence-electron chi connectivity index (χ2n) is 12.9. The van der Waals surface area contributed by atoms with Gasteiger partial charge in [-0.2, -0.15) is 0 Å². The number of benzene rings is 2. The number of imidazole rings is 1. The molecule has 2 aromatic carbocycles. The highest BCUT2D eigenvalue weighted by atomic mass is 32.2. The monoisotopic (exact) mass is 643 g/mol.